The molecule has 0 atom stereocenters. The zero-order chi connectivity index (χ0) is 18.7. The number of esters is 1. The Balaban J connectivity index is 1.87. The summed E-state index contributed by atoms with van der Waals surface area (Å²) in [5.41, 5.74) is 3.78. The van der Waals surface area contributed by atoms with Crippen molar-refractivity contribution in [2.75, 3.05) is 11.5 Å². The number of allylic oxidation sites excluding steroid dienone is 1. The van der Waals surface area contributed by atoms with Gasteiger partial charge in [-0.1, -0.05) is 30.3 Å². The van der Waals surface area contributed by atoms with E-state index in [1.165, 1.54) is 0 Å². The van der Waals surface area contributed by atoms with Crippen LogP contribution in [0.2, 0.25) is 0 Å². The van der Waals surface area contributed by atoms with Crippen molar-refractivity contribution in [1.29, 1.82) is 5.26 Å². The number of hydrogen-bond acceptors (Lipinski definition) is 4. The van der Waals surface area contributed by atoms with Crippen LogP contribution in [-0.4, -0.2) is 18.5 Å². The molecule has 0 radical (unpaired) electrons. The van der Waals surface area contributed by atoms with Crippen LogP contribution < -0.4 is 4.90 Å². The molecule has 0 aromatic heterocycles. The van der Waals surface area contributed by atoms with Gasteiger partial charge in [0.05, 0.1) is 13.2 Å². The third-order valence-electron chi connectivity index (χ3n) is 4.40. The van der Waals surface area contributed by atoms with Crippen molar-refractivity contribution in [2.24, 2.45) is 0 Å². The SMILES string of the molecule is CCOC(=O)/C(C#N)=C(/C)c1ccc(N2Cc3ccccc3C2=O)cc1. The average molecular weight is 346 g/mol. The second-order valence-electron chi connectivity index (χ2n) is 5.93. The first kappa shape index (κ1) is 17.4. The maximum Gasteiger partial charge on any atom is 0.349 e. The van der Waals surface area contributed by atoms with Crippen molar-refractivity contribution < 1.29 is 14.3 Å². The van der Waals surface area contributed by atoms with Crippen LogP contribution in [0.5, 0.6) is 0 Å². The second kappa shape index (κ2) is 7.24. The maximum absolute atomic E-state index is 12.5. The van der Waals surface area contributed by atoms with Crippen molar-refractivity contribution in [3.63, 3.8) is 0 Å². The summed E-state index contributed by atoms with van der Waals surface area (Å²) in [7, 11) is 0. The Morgan fingerprint density at radius 1 is 1.19 bits per heavy atom. The number of ether oxygens (including phenoxy) is 1. The van der Waals surface area contributed by atoms with Crippen molar-refractivity contribution in [3.05, 3.63) is 70.8 Å². The summed E-state index contributed by atoms with van der Waals surface area (Å²) in [5, 5.41) is 9.26. The van der Waals surface area contributed by atoms with Gasteiger partial charge in [-0.2, -0.15) is 5.26 Å². The van der Waals surface area contributed by atoms with Gasteiger partial charge < -0.3 is 9.64 Å². The summed E-state index contributed by atoms with van der Waals surface area (Å²) in [4.78, 5) is 26.1. The normalized spacial score (nSPS) is 13.7. The maximum atomic E-state index is 12.5. The van der Waals surface area contributed by atoms with Gasteiger partial charge in [-0.3, -0.25) is 4.79 Å². The van der Waals surface area contributed by atoms with Crippen LogP contribution in [-0.2, 0) is 16.1 Å². The predicted molar refractivity (Wildman–Crippen MR) is 98.2 cm³/mol. The Bertz CT molecular complexity index is 936. The highest BCUT2D eigenvalue weighted by Crippen LogP contribution is 2.29. The smallest absolute Gasteiger partial charge is 0.349 e. The predicted octanol–water partition coefficient (Wildman–Crippen LogP) is 3.71. The van der Waals surface area contributed by atoms with Crippen LogP contribution in [0.1, 0.15) is 35.3 Å². The summed E-state index contributed by atoms with van der Waals surface area (Å²) < 4.78 is 4.92. The van der Waals surface area contributed by atoms with E-state index >= 15 is 0 Å². The van der Waals surface area contributed by atoms with E-state index in [4.69, 9.17) is 4.74 Å². The number of anilines is 1. The molecule has 5 nitrogen and oxygen atoms in total. The number of carbonyl (C=O) groups is 2. The average Bonchev–Trinajstić information content (AvgIpc) is 3.00. The van der Waals surface area contributed by atoms with Gasteiger partial charge in [0, 0.05) is 11.3 Å². The highest BCUT2D eigenvalue weighted by molar-refractivity contribution is 6.10. The van der Waals surface area contributed by atoms with E-state index < -0.39 is 5.97 Å². The number of fused-ring (bicyclic) bond motifs is 1. The number of rotatable bonds is 4. The molecule has 0 aliphatic carbocycles. The molecule has 2 aromatic carbocycles. The standard InChI is InChI=1S/C21H18N2O3/c1-3-26-21(25)19(12-22)14(2)15-8-10-17(11-9-15)23-13-16-6-4-5-7-18(16)20(23)24/h4-11H,3,13H2,1-2H3/b19-14-. The minimum atomic E-state index is -0.623. The fourth-order valence-corrected chi connectivity index (χ4v) is 2.98. The number of carbonyl (C=O) groups excluding carboxylic acids is 2. The lowest BCUT2D eigenvalue weighted by atomic mass is 10.0. The van der Waals surface area contributed by atoms with Gasteiger partial charge in [-0.15, -0.1) is 0 Å². The Labute approximate surface area is 152 Å². The third-order valence-corrected chi connectivity index (χ3v) is 4.40. The van der Waals surface area contributed by atoms with Gasteiger partial charge >= 0.3 is 5.97 Å². The molecule has 0 bridgehead atoms. The van der Waals surface area contributed by atoms with Gasteiger partial charge in [0.15, 0.2) is 0 Å². The Kier molecular flexibility index (Phi) is 4.85. The van der Waals surface area contributed by atoms with Crippen LogP contribution in [0, 0.1) is 11.3 Å². The quantitative estimate of drug-likeness (QED) is 0.481. The molecule has 0 spiro atoms. The zero-order valence-electron chi connectivity index (χ0n) is 14.7. The van der Waals surface area contributed by atoms with E-state index in [1.54, 1.807) is 30.9 Å². The molecule has 2 aromatic rings. The van der Waals surface area contributed by atoms with Crippen LogP contribution in [0.15, 0.2) is 54.1 Å². The first-order chi connectivity index (χ1) is 12.6. The Morgan fingerprint density at radius 3 is 2.50 bits per heavy atom. The molecule has 0 fully saturated rings. The molecule has 0 unspecified atom stereocenters. The van der Waals surface area contributed by atoms with Gasteiger partial charge in [-0.25, -0.2) is 4.79 Å². The lowest BCUT2D eigenvalue weighted by Crippen LogP contribution is -2.22. The van der Waals surface area contributed by atoms with Gasteiger partial charge in [0.1, 0.15) is 11.6 Å². The molecular weight excluding hydrogens is 328 g/mol. The van der Waals surface area contributed by atoms with Crippen molar-refractivity contribution >= 4 is 23.1 Å². The second-order valence-corrected chi connectivity index (χ2v) is 5.93. The monoisotopic (exact) mass is 346 g/mol. The van der Waals surface area contributed by atoms with Crippen LogP contribution in [0.25, 0.3) is 5.57 Å². The molecule has 3 rings (SSSR count). The molecule has 1 aliphatic rings. The number of amides is 1. The Morgan fingerprint density at radius 2 is 1.88 bits per heavy atom. The van der Waals surface area contributed by atoms with E-state index in [2.05, 4.69) is 0 Å². The van der Waals surface area contributed by atoms with Crippen LogP contribution in [0.4, 0.5) is 5.69 Å². The number of nitriles is 1. The molecule has 1 heterocycles. The topological polar surface area (TPSA) is 70.4 Å². The molecular formula is C21H18N2O3. The van der Waals surface area contributed by atoms with E-state index in [-0.39, 0.29) is 18.1 Å². The van der Waals surface area contributed by atoms with Crippen molar-refractivity contribution in [3.8, 4) is 6.07 Å². The molecule has 0 saturated heterocycles. The first-order valence-electron chi connectivity index (χ1n) is 8.35. The lowest BCUT2D eigenvalue weighted by molar-refractivity contribution is -0.137. The molecule has 5 heteroatoms. The summed E-state index contributed by atoms with van der Waals surface area (Å²) in [5.74, 6) is -0.647. The van der Waals surface area contributed by atoms with Gasteiger partial charge in [0.25, 0.3) is 5.91 Å². The summed E-state index contributed by atoms with van der Waals surface area (Å²) >= 11 is 0. The molecule has 130 valence electrons. The van der Waals surface area contributed by atoms with Gasteiger partial charge in [-0.05, 0) is 48.7 Å². The summed E-state index contributed by atoms with van der Waals surface area (Å²) in [6.45, 7) is 4.16. The molecule has 0 N–H and O–H groups in total. The highest BCUT2D eigenvalue weighted by atomic mass is 16.5. The summed E-state index contributed by atoms with van der Waals surface area (Å²) in [6, 6.07) is 16.7. The third kappa shape index (κ3) is 3.09. The Hall–Kier alpha value is -3.39. The fraction of sp³-hybridized carbons (Fsp3) is 0.190. The molecule has 1 aliphatic heterocycles. The minimum Gasteiger partial charge on any atom is -0.462 e. The zero-order valence-corrected chi connectivity index (χ0v) is 14.7. The van der Waals surface area contributed by atoms with Crippen LogP contribution in [0.3, 0.4) is 0 Å². The summed E-state index contributed by atoms with van der Waals surface area (Å²) in [6.07, 6.45) is 0. The first-order valence-corrected chi connectivity index (χ1v) is 8.35. The van der Waals surface area contributed by atoms with E-state index in [1.807, 2.05) is 42.5 Å². The van der Waals surface area contributed by atoms with E-state index in [0.717, 1.165) is 22.4 Å². The molecule has 1 amide bonds. The molecule has 26 heavy (non-hydrogen) atoms. The highest BCUT2D eigenvalue weighted by Gasteiger charge is 2.27. The number of nitrogens with zero attached hydrogens (tertiary/aromatic N) is 2. The van der Waals surface area contributed by atoms with Crippen molar-refractivity contribution in [2.45, 2.75) is 20.4 Å². The number of benzene rings is 2. The minimum absolute atomic E-state index is 0.00995. The van der Waals surface area contributed by atoms with E-state index in [0.29, 0.717) is 12.1 Å². The number of hydrogen-bond donors (Lipinski definition) is 0. The van der Waals surface area contributed by atoms with Crippen LogP contribution >= 0.6 is 0 Å². The molecule has 0 saturated carbocycles. The fourth-order valence-electron chi connectivity index (χ4n) is 2.98. The lowest BCUT2D eigenvalue weighted by Gasteiger charge is -2.16. The van der Waals surface area contributed by atoms with Gasteiger partial charge in [0.2, 0.25) is 0 Å². The largest absolute Gasteiger partial charge is 0.462 e. The van der Waals surface area contributed by atoms with Crippen molar-refractivity contribution in [1.82, 2.24) is 0 Å². The van der Waals surface area contributed by atoms with E-state index in [9.17, 15) is 14.9 Å².